The van der Waals surface area contributed by atoms with Crippen LogP contribution in [0.15, 0.2) is 15.9 Å². The molecule has 1 fully saturated rings. The minimum Gasteiger partial charge on any atom is -0.444 e. The molecule has 1 saturated carbocycles. The second-order valence-electron chi connectivity index (χ2n) is 6.71. The molecule has 124 valence electrons. The minimum absolute atomic E-state index is 0.193. The van der Waals surface area contributed by atoms with E-state index in [1.165, 1.54) is 4.88 Å². The maximum Gasteiger partial charge on any atom is 0.410 e. The first-order chi connectivity index (χ1) is 10.3. The molecule has 1 atom stereocenters. The van der Waals surface area contributed by atoms with Crippen molar-refractivity contribution in [3.63, 3.8) is 0 Å². The lowest BCUT2D eigenvalue weighted by atomic mass is 10.2. The van der Waals surface area contributed by atoms with E-state index < -0.39 is 5.60 Å². The van der Waals surface area contributed by atoms with Crippen LogP contribution < -0.4 is 5.32 Å². The first kappa shape index (κ1) is 17.8. The SMILES string of the molecule is CC(NCCN(C(=O)OC(C)(C)C)C1CC1)c1sccc1Br. The molecule has 1 heterocycles. The molecule has 1 unspecified atom stereocenters. The fourth-order valence-corrected chi connectivity index (χ4v) is 3.99. The van der Waals surface area contributed by atoms with Gasteiger partial charge >= 0.3 is 6.09 Å². The Morgan fingerprint density at radius 1 is 1.55 bits per heavy atom. The number of ether oxygens (including phenoxy) is 1. The van der Waals surface area contributed by atoms with E-state index in [4.69, 9.17) is 4.74 Å². The smallest absolute Gasteiger partial charge is 0.410 e. The van der Waals surface area contributed by atoms with E-state index >= 15 is 0 Å². The second-order valence-corrected chi connectivity index (χ2v) is 8.52. The number of hydrogen-bond donors (Lipinski definition) is 1. The maximum atomic E-state index is 12.3. The molecule has 4 nitrogen and oxygen atoms in total. The molecule has 0 saturated heterocycles. The van der Waals surface area contributed by atoms with Gasteiger partial charge in [0.25, 0.3) is 0 Å². The Balaban J connectivity index is 1.82. The summed E-state index contributed by atoms with van der Waals surface area (Å²) in [6.45, 7) is 9.32. The molecule has 1 aromatic rings. The summed E-state index contributed by atoms with van der Waals surface area (Å²) in [6, 6.07) is 2.70. The number of carbonyl (C=O) groups excluding carboxylic acids is 1. The number of nitrogens with zero attached hydrogens (tertiary/aromatic N) is 1. The van der Waals surface area contributed by atoms with Crippen LogP contribution in [-0.2, 0) is 4.74 Å². The lowest BCUT2D eigenvalue weighted by Crippen LogP contribution is -2.42. The highest BCUT2D eigenvalue weighted by Gasteiger charge is 2.34. The highest BCUT2D eigenvalue weighted by Crippen LogP contribution is 2.30. The van der Waals surface area contributed by atoms with Gasteiger partial charge in [0, 0.05) is 34.5 Å². The van der Waals surface area contributed by atoms with Crippen molar-refractivity contribution in [3.8, 4) is 0 Å². The Morgan fingerprint density at radius 2 is 2.23 bits per heavy atom. The molecule has 0 bridgehead atoms. The Hall–Kier alpha value is -0.590. The molecule has 22 heavy (non-hydrogen) atoms. The molecule has 0 radical (unpaired) electrons. The fraction of sp³-hybridized carbons (Fsp3) is 0.688. The largest absolute Gasteiger partial charge is 0.444 e. The zero-order valence-corrected chi connectivity index (χ0v) is 16.1. The van der Waals surface area contributed by atoms with Crippen LogP contribution >= 0.6 is 27.3 Å². The van der Waals surface area contributed by atoms with Crippen molar-refractivity contribution in [2.75, 3.05) is 13.1 Å². The van der Waals surface area contributed by atoms with Gasteiger partial charge in [-0.3, -0.25) is 0 Å². The molecule has 1 N–H and O–H groups in total. The van der Waals surface area contributed by atoms with Crippen molar-refractivity contribution in [2.24, 2.45) is 0 Å². The van der Waals surface area contributed by atoms with Crippen LogP contribution in [0.1, 0.15) is 51.5 Å². The van der Waals surface area contributed by atoms with Gasteiger partial charge in [-0.15, -0.1) is 11.3 Å². The highest BCUT2D eigenvalue weighted by molar-refractivity contribution is 9.10. The van der Waals surface area contributed by atoms with Gasteiger partial charge in [-0.05, 0) is 67.9 Å². The lowest BCUT2D eigenvalue weighted by molar-refractivity contribution is 0.0235. The van der Waals surface area contributed by atoms with Crippen molar-refractivity contribution < 1.29 is 9.53 Å². The molecular weight excluding hydrogens is 364 g/mol. The number of rotatable bonds is 6. The first-order valence-electron chi connectivity index (χ1n) is 7.74. The molecule has 0 spiro atoms. The summed E-state index contributed by atoms with van der Waals surface area (Å²) >= 11 is 5.30. The average molecular weight is 389 g/mol. The van der Waals surface area contributed by atoms with Gasteiger partial charge in [0.2, 0.25) is 0 Å². The van der Waals surface area contributed by atoms with Gasteiger partial charge in [-0.1, -0.05) is 0 Å². The van der Waals surface area contributed by atoms with Crippen LogP contribution in [0.2, 0.25) is 0 Å². The summed E-state index contributed by atoms with van der Waals surface area (Å²) in [6.07, 6.45) is 1.98. The van der Waals surface area contributed by atoms with Gasteiger partial charge in [0.15, 0.2) is 0 Å². The van der Waals surface area contributed by atoms with E-state index in [9.17, 15) is 4.79 Å². The normalized spacial score (nSPS) is 16.4. The molecule has 0 aliphatic heterocycles. The van der Waals surface area contributed by atoms with E-state index in [2.05, 4.69) is 39.6 Å². The van der Waals surface area contributed by atoms with E-state index in [-0.39, 0.29) is 12.1 Å². The van der Waals surface area contributed by atoms with Crippen molar-refractivity contribution in [1.82, 2.24) is 10.2 Å². The zero-order valence-electron chi connectivity index (χ0n) is 13.7. The van der Waals surface area contributed by atoms with Crippen LogP contribution in [0.3, 0.4) is 0 Å². The molecule has 1 aliphatic carbocycles. The molecule has 2 rings (SSSR count). The zero-order chi connectivity index (χ0) is 16.3. The topological polar surface area (TPSA) is 41.6 Å². The summed E-state index contributed by atoms with van der Waals surface area (Å²) < 4.78 is 6.65. The third-order valence-corrected chi connectivity index (χ3v) is 5.51. The second kappa shape index (κ2) is 7.32. The Bertz CT molecular complexity index is 508. The maximum absolute atomic E-state index is 12.3. The van der Waals surface area contributed by atoms with Gasteiger partial charge < -0.3 is 15.0 Å². The summed E-state index contributed by atoms with van der Waals surface area (Å²) in [5, 5.41) is 5.57. The summed E-state index contributed by atoms with van der Waals surface area (Å²) in [5.74, 6) is 0. The Morgan fingerprint density at radius 3 is 2.73 bits per heavy atom. The summed E-state index contributed by atoms with van der Waals surface area (Å²) in [5.41, 5.74) is -0.438. The van der Waals surface area contributed by atoms with E-state index in [0.717, 1.165) is 23.9 Å². The number of thiophene rings is 1. The number of nitrogens with one attached hydrogen (secondary N) is 1. The van der Waals surface area contributed by atoms with Gasteiger partial charge in [0.1, 0.15) is 5.60 Å². The quantitative estimate of drug-likeness (QED) is 0.776. The molecule has 1 aromatic heterocycles. The average Bonchev–Trinajstić information content (AvgIpc) is 3.13. The van der Waals surface area contributed by atoms with E-state index in [0.29, 0.717) is 12.6 Å². The van der Waals surface area contributed by atoms with Crippen LogP contribution in [0.5, 0.6) is 0 Å². The van der Waals surface area contributed by atoms with Gasteiger partial charge in [0.05, 0.1) is 0 Å². The fourth-order valence-electron chi connectivity index (χ4n) is 2.24. The van der Waals surface area contributed by atoms with Crippen molar-refractivity contribution in [2.45, 2.75) is 58.2 Å². The summed E-state index contributed by atoms with van der Waals surface area (Å²) in [7, 11) is 0. The van der Waals surface area contributed by atoms with Crippen molar-refractivity contribution in [3.05, 3.63) is 20.8 Å². The number of amides is 1. The monoisotopic (exact) mass is 388 g/mol. The molecular formula is C16H25BrN2O2S. The van der Waals surface area contributed by atoms with Crippen molar-refractivity contribution in [1.29, 1.82) is 0 Å². The number of halogens is 1. The summed E-state index contributed by atoms with van der Waals surface area (Å²) in [4.78, 5) is 15.4. The molecule has 1 amide bonds. The van der Waals surface area contributed by atoms with Crippen LogP contribution in [0.4, 0.5) is 4.79 Å². The Kier molecular flexibility index (Phi) is 5.91. The Labute approximate surface area is 145 Å². The predicted octanol–water partition coefficient (Wildman–Crippen LogP) is 4.56. The molecule has 1 aliphatic rings. The van der Waals surface area contributed by atoms with Gasteiger partial charge in [-0.25, -0.2) is 4.79 Å². The third kappa shape index (κ3) is 5.25. The number of hydrogen-bond acceptors (Lipinski definition) is 4. The number of carbonyl (C=O) groups is 1. The highest BCUT2D eigenvalue weighted by atomic mass is 79.9. The third-order valence-electron chi connectivity index (χ3n) is 3.46. The first-order valence-corrected chi connectivity index (χ1v) is 9.41. The van der Waals surface area contributed by atoms with Crippen LogP contribution in [0, 0.1) is 0 Å². The van der Waals surface area contributed by atoms with Gasteiger partial charge in [-0.2, -0.15) is 0 Å². The lowest BCUT2D eigenvalue weighted by Gasteiger charge is -2.28. The van der Waals surface area contributed by atoms with Crippen molar-refractivity contribution >= 4 is 33.4 Å². The minimum atomic E-state index is -0.438. The predicted molar refractivity (Wildman–Crippen MR) is 94.4 cm³/mol. The standard InChI is InChI=1S/C16H25BrN2O2S/c1-11(14-13(17)7-10-22-14)18-8-9-19(12-5-6-12)15(20)21-16(2,3)4/h7,10-12,18H,5-6,8-9H2,1-4H3. The van der Waals surface area contributed by atoms with Crippen LogP contribution in [-0.4, -0.2) is 35.7 Å². The van der Waals surface area contributed by atoms with Crippen LogP contribution in [0.25, 0.3) is 0 Å². The van der Waals surface area contributed by atoms with E-state index in [1.807, 2.05) is 25.7 Å². The molecule has 0 aromatic carbocycles. The van der Waals surface area contributed by atoms with E-state index in [1.54, 1.807) is 11.3 Å². The molecule has 6 heteroatoms.